The summed E-state index contributed by atoms with van der Waals surface area (Å²) in [5.74, 6) is 0. The lowest BCUT2D eigenvalue weighted by Crippen LogP contribution is -2.11. The zero-order valence-corrected chi connectivity index (χ0v) is 31.8. The molecule has 0 amide bonds. The van der Waals surface area contributed by atoms with Gasteiger partial charge in [0.1, 0.15) is 0 Å². The van der Waals surface area contributed by atoms with E-state index < -0.39 is 0 Å². The van der Waals surface area contributed by atoms with Crippen LogP contribution in [0.3, 0.4) is 0 Å². The smallest absolute Gasteiger partial charge is 0.0562 e. The second-order valence-corrected chi connectivity index (χ2v) is 14.9. The second kappa shape index (κ2) is 14.1. The number of anilines is 3. The van der Waals surface area contributed by atoms with Gasteiger partial charge in [-0.15, -0.1) is 0 Å². The van der Waals surface area contributed by atoms with Crippen molar-refractivity contribution in [3.63, 3.8) is 0 Å². The quantitative estimate of drug-likeness (QED) is 0.148. The Morgan fingerprint density at radius 1 is 0.293 bits per heavy atom. The summed E-state index contributed by atoms with van der Waals surface area (Å²) in [6.45, 7) is 0. The van der Waals surface area contributed by atoms with Gasteiger partial charge in [0.15, 0.2) is 0 Å². The molecule has 0 unspecified atom stereocenters. The minimum atomic E-state index is 1.09. The van der Waals surface area contributed by atoms with E-state index in [1.54, 1.807) is 0 Å². The molecule has 2 nitrogen and oxygen atoms in total. The van der Waals surface area contributed by atoms with E-state index in [9.17, 15) is 0 Å². The summed E-state index contributed by atoms with van der Waals surface area (Å²) in [4.78, 5) is 2.47. The van der Waals surface area contributed by atoms with Crippen molar-refractivity contribution in [1.82, 2.24) is 4.57 Å². The van der Waals surface area contributed by atoms with Gasteiger partial charge in [0.25, 0.3) is 0 Å². The first-order valence-corrected chi connectivity index (χ1v) is 19.9. The molecule has 272 valence electrons. The molecular weight excluding hydrogens is 701 g/mol. The minimum absolute atomic E-state index is 1.09. The number of para-hydroxylation sites is 2. The maximum Gasteiger partial charge on any atom is 0.0562 e. The monoisotopic (exact) mass is 738 g/mol. The van der Waals surface area contributed by atoms with E-state index in [-0.39, 0.29) is 0 Å². The van der Waals surface area contributed by atoms with Gasteiger partial charge in [-0.25, -0.2) is 0 Å². The number of hydrogen-bond donors (Lipinski definition) is 0. The van der Waals surface area contributed by atoms with Crippen LogP contribution in [0.4, 0.5) is 17.1 Å². The van der Waals surface area contributed by atoms with Crippen LogP contribution in [0.2, 0.25) is 0 Å². The average molecular weight is 739 g/mol. The van der Waals surface area contributed by atoms with Gasteiger partial charge in [-0.05, 0) is 110 Å². The molecule has 1 heterocycles. The van der Waals surface area contributed by atoms with Crippen LogP contribution in [0, 0.1) is 0 Å². The van der Waals surface area contributed by atoms with E-state index in [1.165, 1.54) is 71.2 Å². The van der Waals surface area contributed by atoms with Crippen LogP contribution in [0.1, 0.15) is 0 Å². The predicted molar refractivity (Wildman–Crippen MR) is 247 cm³/mol. The van der Waals surface area contributed by atoms with E-state index >= 15 is 0 Å². The summed E-state index contributed by atoms with van der Waals surface area (Å²) in [6, 6.07) is 83.7. The molecule has 0 bridgehead atoms. The van der Waals surface area contributed by atoms with Crippen molar-refractivity contribution in [3.05, 3.63) is 231 Å². The Labute approximate surface area is 338 Å². The summed E-state index contributed by atoms with van der Waals surface area (Å²) in [6.07, 6.45) is 0. The number of hydrogen-bond acceptors (Lipinski definition) is 1. The third-order valence-electron chi connectivity index (χ3n) is 11.5. The third-order valence-corrected chi connectivity index (χ3v) is 11.5. The highest BCUT2D eigenvalue weighted by Gasteiger charge is 2.24. The molecule has 11 aromatic rings. The summed E-state index contributed by atoms with van der Waals surface area (Å²) in [5, 5.41) is 7.36. The van der Waals surface area contributed by atoms with Gasteiger partial charge in [-0.3, -0.25) is 0 Å². The van der Waals surface area contributed by atoms with Crippen molar-refractivity contribution < 1.29 is 0 Å². The van der Waals surface area contributed by atoms with Gasteiger partial charge in [0, 0.05) is 27.8 Å². The molecule has 0 aliphatic heterocycles. The van der Waals surface area contributed by atoms with Gasteiger partial charge in [0.05, 0.1) is 16.7 Å². The summed E-state index contributed by atoms with van der Waals surface area (Å²) >= 11 is 0. The van der Waals surface area contributed by atoms with E-state index in [4.69, 9.17) is 0 Å². The fourth-order valence-corrected chi connectivity index (χ4v) is 9.05. The SMILES string of the molecule is c1ccc(-c2cccc(N(c3ccc4c(c3)c(-c3ccccc3)c(-c3ccccc3)c3ccccc34)c3cccc4c3c3ccccc3n4-c3ccccc3)c2)cc1. The molecule has 0 aliphatic rings. The lowest BCUT2D eigenvalue weighted by molar-refractivity contribution is 1.18. The molecule has 0 N–H and O–H groups in total. The molecule has 0 aliphatic carbocycles. The highest BCUT2D eigenvalue weighted by molar-refractivity contribution is 6.23. The lowest BCUT2D eigenvalue weighted by Gasteiger charge is -2.28. The minimum Gasteiger partial charge on any atom is -0.310 e. The van der Waals surface area contributed by atoms with Crippen molar-refractivity contribution in [3.8, 4) is 39.1 Å². The van der Waals surface area contributed by atoms with Crippen LogP contribution in [0.5, 0.6) is 0 Å². The summed E-state index contributed by atoms with van der Waals surface area (Å²) in [7, 11) is 0. The van der Waals surface area contributed by atoms with Crippen molar-refractivity contribution >= 4 is 60.4 Å². The molecule has 2 heteroatoms. The van der Waals surface area contributed by atoms with E-state index in [0.29, 0.717) is 0 Å². The van der Waals surface area contributed by atoms with Gasteiger partial charge >= 0.3 is 0 Å². The van der Waals surface area contributed by atoms with Crippen molar-refractivity contribution in [2.45, 2.75) is 0 Å². The van der Waals surface area contributed by atoms with Crippen molar-refractivity contribution in [2.75, 3.05) is 4.90 Å². The maximum absolute atomic E-state index is 2.47. The molecule has 0 spiro atoms. The van der Waals surface area contributed by atoms with E-state index in [1.807, 2.05) is 0 Å². The Balaban J connectivity index is 1.26. The van der Waals surface area contributed by atoms with Gasteiger partial charge in [-0.2, -0.15) is 0 Å². The molecule has 11 rings (SSSR count). The summed E-state index contributed by atoms with van der Waals surface area (Å²) < 4.78 is 2.40. The fourth-order valence-electron chi connectivity index (χ4n) is 9.05. The van der Waals surface area contributed by atoms with E-state index in [0.717, 1.165) is 28.3 Å². The molecule has 0 saturated heterocycles. The first kappa shape index (κ1) is 33.6. The van der Waals surface area contributed by atoms with Crippen molar-refractivity contribution in [1.29, 1.82) is 0 Å². The van der Waals surface area contributed by atoms with Gasteiger partial charge in [-0.1, -0.05) is 176 Å². The maximum atomic E-state index is 2.47. The van der Waals surface area contributed by atoms with Crippen LogP contribution < -0.4 is 4.90 Å². The number of fused-ring (bicyclic) bond motifs is 6. The Kier molecular flexibility index (Phi) is 8.19. The van der Waals surface area contributed by atoms with Crippen molar-refractivity contribution in [2.24, 2.45) is 0 Å². The van der Waals surface area contributed by atoms with Crippen LogP contribution in [-0.2, 0) is 0 Å². The molecule has 0 radical (unpaired) electrons. The molecule has 0 fully saturated rings. The fraction of sp³-hybridized carbons (Fsp3) is 0. The highest BCUT2D eigenvalue weighted by Crippen LogP contribution is 2.49. The molecule has 58 heavy (non-hydrogen) atoms. The molecule has 0 atom stereocenters. The normalized spacial score (nSPS) is 11.4. The zero-order chi connectivity index (χ0) is 38.4. The number of nitrogens with zero attached hydrogens (tertiary/aromatic N) is 2. The Hall–Kier alpha value is -7.68. The van der Waals surface area contributed by atoms with E-state index in [2.05, 4.69) is 240 Å². The van der Waals surface area contributed by atoms with Crippen LogP contribution in [0.15, 0.2) is 231 Å². The largest absolute Gasteiger partial charge is 0.310 e. The topological polar surface area (TPSA) is 8.17 Å². The van der Waals surface area contributed by atoms with Crippen LogP contribution in [-0.4, -0.2) is 4.57 Å². The Morgan fingerprint density at radius 3 is 1.50 bits per heavy atom. The lowest BCUT2D eigenvalue weighted by atomic mass is 9.85. The first-order chi connectivity index (χ1) is 28.8. The number of benzene rings is 10. The number of rotatable bonds is 7. The Bertz CT molecular complexity index is 3260. The standard InChI is InChI=1S/C56H38N2/c1-5-19-39(20-6-1)42-25-17-28-44(37-42)57(52-33-18-34-53-56(52)49-31-15-16-32-51(49)58(53)43-26-11-4-12-27-43)45-35-36-47-46-29-13-14-30-48(46)54(40-21-7-2-8-22-40)55(50(47)38-45)41-23-9-3-10-24-41/h1-38H. The number of aromatic nitrogens is 1. The molecule has 1 aromatic heterocycles. The molecule has 10 aromatic carbocycles. The van der Waals surface area contributed by atoms with Gasteiger partial charge < -0.3 is 9.47 Å². The molecular formula is C56H38N2. The first-order valence-electron chi connectivity index (χ1n) is 19.9. The predicted octanol–water partition coefficient (Wildman–Crippen LogP) is 15.6. The third kappa shape index (κ3) is 5.57. The average Bonchev–Trinajstić information content (AvgIpc) is 3.65. The summed E-state index contributed by atoms with van der Waals surface area (Å²) in [5.41, 5.74) is 14.0. The van der Waals surface area contributed by atoms with Crippen LogP contribution >= 0.6 is 0 Å². The second-order valence-electron chi connectivity index (χ2n) is 14.9. The van der Waals surface area contributed by atoms with Crippen LogP contribution in [0.25, 0.3) is 82.4 Å². The van der Waals surface area contributed by atoms with Gasteiger partial charge in [0.2, 0.25) is 0 Å². The Morgan fingerprint density at radius 2 is 0.793 bits per heavy atom. The molecule has 0 saturated carbocycles. The highest BCUT2D eigenvalue weighted by atomic mass is 15.1. The zero-order valence-electron chi connectivity index (χ0n) is 31.8.